The van der Waals surface area contributed by atoms with Crippen LogP contribution in [0.25, 0.3) is 0 Å². The first kappa shape index (κ1) is 8.97. The predicted molar refractivity (Wildman–Crippen MR) is 44.9 cm³/mol. The highest BCUT2D eigenvalue weighted by Gasteiger charge is 2.57. The summed E-state index contributed by atoms with van der Waals surface area (Å²) in [6, 6.07) is 0.382. The Labute approximate surface area is 68.3 Å². The lowest BCUT2D eigenvalue weighted by atomic mass is 9.56. The molecule has 0 aliphatic heterocycles. The summed E-state index contributed by atoms with van der Waals surface area (Å²) in [5.41, 5.74) is 2.93. The number of nitrogens with one attached hydrogen (secondary N) is 1. The molecule has 3 nitrogen and oxygen atoms in total. The zero-order valence-corrected chi connectivity index (χ0v) is 7.77. The molecule has 0 aromatic heterocycles. The van der Waals surface area contributed by atoms with Gasteiger partial charge in [0.15, 0.2) is 0 Å². The zero-order chi connectivity index (χ0) is 8.70. The van der Waals surface area contributed by atoms with E-state index in [-0.39, 0.29) is 11.0 Å². The maximum absolute atomic E-state index is 5.43. The van der Waals surface area contributed by atoms with Gasteiger partial charge in [-0.2, -0.15) is 0 Å². The minimum atomic E-state index is -0.00988. The maximum atomic E-state index is 5.43. The van der Waals surface area contributed by atoms with Gasteiger partial charge >= 0.3 is 0 Å². The average Bonchev–Trinajstić information content (AvgIpc) is 1.99. The number of hydrazine groups is 1. The molecule has 3 N–H and O–H groups in total. The second kappa shape index (κ2) is 2.44. The fourth-order valence-corrected chi connectivity index (χ4v) is 1.76. The van der Waals surface area contributed by atoms with Crippen LogP contribution in [0.2, 0.25) is 0 Å². The van der Waals surface area contributed by atoms with E-state index in [4.69, 9.17) is 10.6 Å². The summed E-state index contributed by atoms with van der Waals surface area (Å²) in [6.07, 6.45) is 0.993. The van der Waals surface area contributed by atoms with Crippen LogP contribution in [0.3, 0.4) is 0 Å². The van der Waals surface area contributed by atoms with Crippen LogP contribution >= 0.6 is 0 Å². The molecule has 11 heavy (non-hydrogen) atoms. The molecule has 1 aliphatic carbocycles. The lowest BCUT2D eigenvalue weighted by molar-refractivity contribution is -0.180. The Balaban J connectivity index is 2.67. The molecule has 1 rings (SSSR count). The molecule has 0 aromatic carbocycles. The van der Waals surface area contributed by atoms with E-state index in [0.29, 0.717) is 6.04 Å². The van der Waals surface area contributed by atoms with Gasteiger partial charge in [0.1, 0.15) is 0 Å². The third kappa shape index (κ3) is 0.991. The highest BCUT2D eigenvalue weighted by molar-refractivity contribution is 5.10. The molecule has 0 radical (unpaired) electrons. The number of methoxy groups -OCH3 is 1. The lowest BCUT2D eigenvalue weighted by Gasteiger charge is -2.58. The Hall–Kier alpha value is -0.120. The molecule has 2 unspecified atom stereocenters. The SMILES string of the molecule is COC1(C)CC(NN)C1(C)C. The first-order valence-electron chi connectivity index (χ1n) is 3.99. The molecule has 0 bridgehead atoms. The van der Waals surface area contributed by atoms with Crippen molar-refractivity contribution in [2.75, 3.05) is 7.11 Å². The van der Waals surface area contributed by atoms with Gasteiger partial charge in [-0.15, -0.1) is 0 Å². The second-order valence-electron chi connectivity index (χ2n) is 4.08. The average molecular weight is 158 g/mol. The highest BCUT2D eigenvalue weighted by Crippen LogP contribution is 2.50. The normalized spacial score (nSPS) is 41.7. The molecule has 2 atom stereocenters. The molecular weight excluding hydrogens is 140 g/mol. The third-order valence-electron chi connectivity index (χ3n) is 3.48. The van der Waals surface area contributed by atoms with E-state index >= 15 is 0 Å². The quantitative estimate of drug-likeness (QED) is 0.458. The number of ether oxygens (including phenoxy) is 1. The van der Waals surface area contributed by atoms with Crippen molar-refractivity contribution >= 4 is 0 Å². The van der Waals surface area contributed by atoms with Gasteiger partial charge in [0.05, 0.1) is 5.60 Å². The minimum Gasteiger partial charge on any atom is -0.378 e. The van der Waals surface area contributed by atoms with Gasteiger partial charge in [-0.25, -0.2) is 0 Å². The molecule has 1 aliphatic rings. The van der Waals surface area contributed by atoms with Crippen molar-refractivity contribution in [2.24, 2.45) is 11.3 Å². The zero-order valence-electron chi connectivity index (χ0n) is 7.77. The fraction of sp³-hybridized carbons (Fsp3) is 1.00. The molecule has 1 saturated carbocycles. The van der Waals surface area contributed by atoms with E-state index in [0.717, 1.165) is 6.42 Å². The second-order valence-corrected chi connectivity index (χ2v) is 4.08. The summed E-state index contributed by atoms with van der Waals surface area (Å²) < 4.78 is 5.43. The first-order chi connectivity index (χ1) is 4.98. The Bertz CT molecular complexity index is 158. The highest BCUT2D eigenvalue weighted by atomic mass is 16.5. The molecule has 0 saturated heterocycles. The summed E-state index contributed by atoms with van der Waals surface area (Å²) in [5.74, 6) is 5.38. The van der Waals surface area contributed by atoms with Crippen LogP contribution in [0.5, 0.6) is 0 Å². The smallest absolute Gasteiger partial charge is 0.0732 e. The summed E-state index contributed by atoms with van der Waals surface area (Å²) in [6.45, 7) is 6.47. The largest absolute Gasteiger partial charge is 0.378 e. The van der Waals surface area contributed by atoms with Crippen LogP contribution in [0.1, 0.15) is 27.2 Å². The third-order valence-corrected chi connectivity index (χ3v) is 3.48. The van der Waals surface area contributed by atoms with Gasteiger partial charge in [0.25, 0.3) is 0 Å². The van der Waals surface area contributed by atoms with Crippen molar-refractivity contribution < 1.29 is 4.74 Å². The lowest BCUT2D eigenvalue weighted by Crippen LogP contribution is -2.69. The summed E-state index contributed by atoms with van der Waals surface area (Å²) >= 11 is 0. The molecule has 3 heteroatoms. The number of nitrogens with two attached hydrogens (primary N) is 1. The van der Waals surface area contributed by atoms with Crippen molar-refractivity contribution in [1.82, 2.24) is 5.43 Å². The monoisotopic (exact) mass is 158 g/mol. The van der Waals surface area contributed by atoms with Crippen molar-refractivity contribution in [3.05, 3.63) is 0 Å². The minimum absolute atomic E-state index is 0.00988. The Morgan fingerprint density at radius 1 is 1.45 bits per heavy atom. The Morgan fingerprint density at radius 3 is 2.27 bits per heavy atom. The van der Waals surface area contributed by atoms with Gasteiger partial charge in [-0.05, 0) is 13.3 Å². The number of hydrogen-bond donors (Lipinski definition) is 2. The van der Waals surface area contributed by atoms with Crippen LogP contribution in [-0.4, -0.2) is 18.8 Å². The Kier molecular flexibility index (Phi) is 1.99. The number of rotatable bonds is 2. The van der Waals surface area contributed by atoms with Gasteiger partial charge in [0, 0.05) is 18.6 Å². The molecule has 1 fully saturated rings. The van der Waals surface area contributed by atoms with Crippen molar-refractivity contribution in [3.8, 4) is 0 Å². The summed E-state index contributed by atoms with van der Waals surface area (Å²) in [4.78, 5) is 0. The standard InChI is InChI=1S/C8H18N2O/c1-7(2)6(10-9)5-8(7,3)11-4/h6,10H,5,9H2,1-4H3. The van der Waals surface area contributed by atoms with Crippen molar-refractivity contribution in [3.63, 3.8) is 0 Å². The van der Waals surface area contributed by atoms with Crippen LogP contribution in [-0.2, 0) is 4.74 Å². The molecule has 0 heterocycles. The molecule has 0 amide bonds. The van der Waals surface area contributed by atoms with Gasteiger partial charge in [-0.1, -0.05) is 13.8 Å². The van der Waals surface area contributed by atoms with Crippen LogP contribution < -0.4 is 11.3 Å². The first-order valence-corrected chi connectivity index (χ1v) is 3.99. The van der Waals surface area contributed by atoms with E-state index < -0.39 is 0 Å². The molecule has 66 valence electrons. The van der Waals surface area contributed by atoms with Crippen LogP contribution in [0, 0.1) is 5.41 Å². The Morgan fingerprint density at radius 2 is 2.00 bits per heavy atom. The summed E-state index contributed by atoms with van der Waals surface area (Å²) in [7, 11) is 1.76. The van der Waals surface area contributed by atoms with Gasteiger partial charge < -0.3 is 4.74 Å². The van der Waals surface area contributed by atoms with E-state index in [1.165, 1.54) is 0 Å². The van der Waals surface area contributed by atoms with E-state index in [2.05, 4.69) is 26.2 Å². The molecule has 0 spiro atoms. The van der Waals surface area contributed by atoms with E-state index in [1.807, 2.05) is 0 Å². The fourth-order valence-electron chi connectivity index (χ4n) is 1.76. The van der Waals surface area contributed by atoms with Crippen LogP contribution in [0.15, 0.2) is 0 Å². The summed E-state index contributed by atoms with van der Waals surface area (Å²) in [5, 5.41) is 0. The van der Waals surface area contributed by atoms with E-state index in [1.54, 1.807) is 7.11 Å². The topological polar surface area (TPSA) is 47.3 Å². The van der Waals surface area contributed by atoms with Gasteiger partial charge in [-0.3, -0.25) is 11.3 Å². The van der Waals surface area contributed by atoms with Crippen molar-refractivity contribution in [1.29, 1.82) is 0 Å². The maximum Gasteiger partial charge on any atom is 0.0732 e. The van der Waals surface area contributed by atoms with Crippen molar-refractivity contribution in [2.45, 2.75) is 38.8 Å². The molecule has 0 aromatic rings. The molecular formula is C8H18N2O. The van der Waals surface area contributed by atoms with E-state index in [9.17, 15) is 0 Å². The van der Waals surface area contributed by atoms with Crippen LogP contribution in [0.4, 0.5) is 0 Å². The number of hydrogen-bond acceptors (Lipinski definition) is 3. The van der Waals surface area contributed by atoms with Gasteiger partial charge in [0.2, 0.25) is 0 Å². The predicted octanol–water partition coefficient (Wildman–Crippen LogP) is 0.653.